The van der Waals surface area contributed by atoms with Crippen molar-refractivity contribution in [2.45, 2.75) is 6.61 Å². The van der Waals surface area contributed by atoms with Crippen molar-refractivity contribution in [3.63, 3.8) is 0 Å². The molecule has 11 heteroatoms. The molecular weight excluding hydrogens is 473 g/mol. The van der Waals surface area contributed by atoms with E-state index in [4.69, 9.17) is 9.47 Å². The number of nitrogens with zero attached hydrogens (tertiary/aromatic N) is 2. The van der Waals surface area contributed by atoms with Gasteiger partial charge < -0.3 is 9.47 Å². The van der Waals surface area contributed by atoms with E-state index in [-0.39, 0.29) is 29.3 Å². The molecule has 1 fully saturated rings. The largest absolute Gasteiger partial charge is 0.493 e. The second-order valence-corrected chi connectivity index (χ2v) is 7.54. The summed E-state index contributed by atoms with van der Waals surface area (Å²) >= 11 is 0. The molecule has 1 N–H and O–H groups in total. The van der Waals surface area contributed by atoms with Crippen molar-refractivity contribution in [1.82, 2.24) is 5.32 Å². The molecule has 3 aromatic rings. The van der Waals surface area contributed by atoms with E-state index < -0.39 is 28.6 Å². The number of carbonyl (C=O) groups excluding carboxylic acids is 3. The lowest BCUT2D eigenvalue weighted by Gasteiger charge is -2.26. The van der Waals surface area contributed by atoms with Gasteiger partial charge in [0.05, 0.1) is 17.7 Å². The van der Waals surface area contributed by atoms with Crippen molar-refractivity contribution in [1.29, 1.82) is 0 Å². The molecule has 1 saturated heterocycles. The van der Waals surface area contributed by atoms with Crippen molar-refractivity contribution in [2.75, 3.05) is 12.0 Å². The summed E-state index contributed by atoms with van der Waals surface area (Å²) in [6, 6.07) is 14.7. The zero-order valence-electron chi connectivity index (χ0n) is 18.8. The van der Waals surface area contributed by atoms with Gasteiger partial charge in [-0.1, -0.05) is 30.3 Å². The molecule has 4 amide bonds. The maximum Gasteiger partial charge on any atom is 0.336 e. The quantitative estimate of drug-likeness (QED) is 0.229. The number of benzene rings is 3. The number of nitrogens with one attached hydrogen (secondary N) is 1. The number of nitro benzene ring substituents is 1. The third-order valence-electron chi connectivity index (χ3n) is 5.21. The minimum Gasteiger partial charge on any atom is -0.493 e. The van der Waals surface area contributed by atoms with Gasteiger partial charge in [-0.25, -0.2) is 14.1 Å². The molecule has 36 heavy (non-hydrogen) atoms. The van der Waals surface area contributed by atoms with Gasteiger partial charge in [-0.3, -0.25) is 25.0 Å². The van der Waals surface area contributed by atoms with Crippen LogP contribution in [0.5, 0.6) is 11.5 Å². The molecule has 0 radical (unpaired) electrons. The normalized spacial score (nSPS) is 14.6. The predicted molar refractivity (Wildman–Crippen MR) is 126 cm³/mol. The number of imide groups is 2. The zero-order valence-corrected chi connectivity index (χ0v) is 18.8. The highest BCUT2D eigenvalue weighted by atomic mass is 19.1. The number of non-ortho nitro benzene ring substituents is 1. The van der Waals surface area contributed by atoms with Gasteiger partial charge in [0.1, 0.15) is 18.0 Å². The summed E-state index contributed by atoms with van der Waals surface area (Å²) in [5.74, 6) is -2.14. The van der Waals surface area contributed by atoms with Crippen molar-refractivity contribution in [2.24, 2.45) is 0 Å². The first kappa shape index (κ1) is 24.1. The van der Waals surface area contributed by atoms with E-state index in [2.05, 4.69) is 0 Å². The average Bonchev–Trinajstić information content (AvgIpc) is 2.86. The number of para-hydroxylation sites is 1. The third kappa shape index (κ3) is 4.89. The van der Waals surface area contributed by atoms with Gasteiger partial charge in [-0.05, 0) is 41.5 Å². The fraction of sp³-hybridized carbons (Fsp3) is 0.0800. The number of anilines is 1. The monoisotopic (exact) mass is 491 g/mol. The fourth-order valence-electron chi connectivity index (χ4n) is 3.49. The molecule has 4 rings (SSSR count). The summed E-state index contributed by atoms with van der Waals surface area (Å²) in [7, 11) is 1.39. The molecular formula is C25H18FN3O7. The number of hydrogen-bond donors (Lipinski definition) is 1. The molecule has 0 aliphatic carbocycles. The van der Waals surface area contributed by atoms with E-state index in [0.29, 0.717) is 21.8 Å². The van der Waals surface area contributed by atoms with Crippen LogP contribution in [0.2, 0.25) is 0 Å². The summed E-state index contributed by atoms with van der Waals surface area (Å²) in [5, 5.41) is 13.0. The van der Waals surface area contributed by atoms with E-state index in [9.17, 15) is 28.9 Å². The van der Waals surface area contributed by atoms with Gasteiger partial charge in [-0.15, -0.1) is 0 Å². The SMILES string of the molecule is COc1cc(/C=C2/C(=O)NC(=O)N(c3ccccc3F)C2=O)ccc1OCc1cccc([N+](=O)[O-])c1. The number of halogens is 1. The van der Waals surface area contributed by atoms with E-state index in [1.54, 1.807) is 18.2 Å². The van der Waals surface area contributed by atoms with Crippen molar-refractivity contribution >= 4 is 35.3 Å². The lowest BCUT2D eigenvalue weighted by atomic mass is 10.1. The topological polar surface area (TPSA) is 128 Å². The van der Waals surface area contributed by atoms with Crippen molar-refractivity contribution < 1.29 is 33.2 Å². The number of nitro groups is 1. The van der Waals surface area contributed by atoms with E-state index in [1.165, 1.54) is 55.7 Å². The average molecular weight is 491 g/mol. The molecule has 1 aliphatic rings. The second-order valence-electron chi connectivity index (χ2n) is 7.54. The van der Waals surface area contributed by atoms with Crippen LogP contribution in [0.15, 0.2) is 72.3 Å². The number of hydrogen-bond acceptors (Lipinski definition) is 7. The van der Waals surface area contributed by atoms with E-state index in [0.717, 1.165) is 6.07 Å². The van der Waals surface area contributed by atoms with Gasteiger partial charge >= 0.3 is 6.03 Å². The highest BCUT2D eigenvalue weighted by Crippen LogP contribution is 2.31. The van der Waals surface area contributed by atoms with Crippen LogP contribution in [0.1, 0.15) is 11.1 Å². The standard InChI is InChI=1S/C25H18FN3O7/c1-35-22-13-15(9-10-21(22)36-14-16-5-4-6-17(11-16)29(33)34)12-18-23(30)27-25(32)28(24(18)31)20-8-3-2-7-19(20)26/h2-13H,14H2,1H3,(H,27,30,32)/b18-12-. The first-order chi connectivity index (χ1) is 17.3. The van der Waals surface area contributed by atoms with Crippen LogP contribution < -0.4 is 19.7 Å². The Hall–Kier alpha value is -5.06. The van der Waals surface area contributed by atoms with Crippen LogP contribution in [-0.4, -0.2) is 29.9 Å². The fourth-order valence-corrected chi connectivity index (χ4v) is 3.49. The Bertz CT molecular complexity index is 1420. The number of carbonyl (C=O) groups is 3. The third-order valence-corrected chi connectivity index (χ3v) is 5.21. The van der Waals surface area contributed by atoms with Gasteiger partial charge in [0.25, 0.3) is 17.5 Å². The van der Waals surface area contributed by atoms with Crippen LogP contribution in [0.4, 0.5) is 20.6 Å². The van der Waals surface area contributed by atoms with Gasteiger partial charge in [0.2, 0.25) is 0 Å². The summed E-state index contributed by atoms with van der Waals surface area (Å²) in [5.41, 5.74) is 0.199. The number of methoxy groups -OCH3 is 1. The minimum atomic E-state index is -1.06. The predicted octanol–water partition coefficient (Wildman–Crippen LogP) is 3.99. The highest BCUT2D eigenvalue weighted by Gasteiger charge is 2.38. The molecule has 3 aromatic carbocycles. The molecule has 1 heterocycles. The minimum absolute atomic E-state index is 0.0269. The van der Waals surface area contributed by atoms with Crippen LogP contribution in [0.3, 0.4) is 0 Å². The Morgan fingerprint density at radius 2 is 1.81 bits per heavy atom. The van der Waals surface area contributed by atoms with Crippen LogP contribution in [0.25, 0.3) is 6.08 Å². The smallest absolute Gasteiger partial charge is 0.336 e. The van der Waals surface area contributed by atoms with E-state index in [1.807, 2.05) is 5.32 Å². The molecule has 0 saturated carbocycles. The molecule has 0 atom stereocenters. The van der Waals surface area contributed by atoms with Crippen LogP contribution in [0, 0.1) is 15.9 Å². The number of ether oxygens (including phenoxy) is 2. The molecule has 0 spiro atoms. The first-order valence-electron chi connectivity index (χ1n) is 10.5. The van der Waals surface area contributed by atoms with Crippen molar-refractivity contribution in [3.05, 3.63) is 99.4 Å². The first-order valence-corrected chi connectivity index (χ1v) is 10.5. The highest BCUT2D eigenvalue weighted by molar-refractivity contribution is 6.39. The lowest BCUT2D eigenvalue weighted by molar-refractivity contribution is -0.384. The molecule has 182 valence electrons. The summed E-state index contributed by atoms with van der Waals surface area (Å²) in [4.78, 5) is 48.6. The molecule has 0 aromatic heterocycles. The Morgan fingerprint density at radius 1 is 1.03 bits per heavy atom. The van der Waals surface area contributed by atoms with Crippen LogP contribution >= 0.6 is 0 Å². The molecule has 1 aliphatic heterocycles. The Morgan fingerprint density at radius 3 is 2.53 bits per heavy atom. The summed E-state index contributed by atoms with van der Waals surface area (Å²) in [6.07, 6.45) is 1.24. The number of rotatable bonds is 7. The maximum absolute atomic E-state index is 14.2. The maximum atomic E-state index is 14.2. The van der Waals surface area contributed by atoms with Crippen molar-refractivity contribution in [3.8, 4) is 11.5 Å². The van der Waals surface area contributed by atoms with Gasteiger partial charge in [0, 0.05) is 12.1 Å². The Balaban J connectivity index is 1.59. The summed E-state index contributed by atoms with van der Waals surface area (Å²) < 4.78 is 25.3. The Kier molecular flexibility index (Phi) is 6.72. The number of amides is 4. The summed E-state index contributed by atoms with van der Waals surface area (Å²) in [6.45, 7) is 0.0269. The molecule has 0 bridgehead atoms. The Labute approximate surface area is 203 Å². The van der Waals surface area contributed by atoms with Crippen LogP contribution in [-0.2, 0) is 16.2 Å². The van der Waals surface area contributed by atoms with Gasteiger partial charge in [-0.2, -0.15) is 0 Å². The molecule has 0 unspecified atom stereocenters. The number of urea groups is 1. The second kappa shape index (κ2) is 10.1. The van der Waals surface area contributed by atoms with E-state index >= 15 is 0 Å². The molecule has 10 nitrogen and oxygen atoms in total. The van der Waals surface area contributed by atoms with Gasteiger partial charge in [0.15, 0.2) is 11.5 Å². The lowest BCUT2D eigenvalue weighted by Crippen LogP contribution is -2.54. The zero-order chi connectivity index (χ0) is 25.8. The number of barbiturate groups is 1.